The topological polar surface area (TPSA) is 9.23 Å². The number of benzene rings is 1. The van der Waals surface area contributed by atoms with E-state index in [1.54, 1.807) is 0 Å². The highest BCUT2D eigenvalue weighted by Gasteiger charge is 2.44. The zero-order valence-electron chi connectivity index (χ0n) is 9.21. The van der Waals surface area contributed by atoms with Gasteiger partial charge in [-0.15, -0.1) is 0 Å². The average molecular weight is 190 g/mol. The molecule has 0 aliphatic heterocycles. The first kappa shape index (κ1) is 9.72. The molecule has 14 heavy (non-hydrogen) atoms. The summed E-state index contributed by atoms with van der Waals surface area (Å²) in [6.07, 6.45) is 2.34. The summed E-state index contributed by atoms with van der Waals surface area (Å²) in [6.45, 7) is 4.44. The van der Waals surface area contributed by atoms with Crippen LogP contribution in [-0.4, -0.2) is 7.11 Å². The summed E-state index contributed by atoms with van der Waals surface area (Å²) >= 11 is 0. The second-order valence-corrected chi connectivity index (χ2v) is 4.48. The van der Waals surface area contributed by atoms with Gasteiger partial charge in [-0.2, -0.15) is 0 Å². The first-order valence-corrected chi connectivity index (χ1v) is 5.33. The van der Waals surface area contributed by atoms with Crippen molar-refractivity contribution >= 4 is 0 Å². The van der Waals surface area contributed by atoms with E-state index in [9.17, 15) is 0 Å². The maximum absolute atomic E-state index is 5.54. The van der Waals surface area contributed by atoms with Crippen molar-refractivity contribution in [1.82, 2.24) is 0 Å². The number of hydrogen-bond acceptors (Lipinski definition) is 1. The second kappa shape index (κ2) is 3.39. The highest BCUT2D eigenvalue weighted by Crippen LogP contribution is 2.48. The number of hydrogen-bond donors (Lipinski definition) is 0. The molecule has 0 N–H and O–H groups in total. The molecule has 0 atom stereocenters. The van der Waals surface area contributed by atoms with Crippen molar-refractivity contribution in [1.29, 1.82) is 0 Å². The minimum atomic E-state index is 0.0650. The normalized spacial score (nSPS) is 18.6. The van der Waals surface area contributed by atoms with Crippen molar-refractivity contribution in [3.05, 3.63) is 35.4 Å². The molecular weight excluding hydrogens is 172 g/mol. The maximum Gasteiger partial charge on any atom is 0.0929 e. The molecule has 0 radical (unpaired) electrons. The Morgan fingerprint density at radius 2 is 1.71 bits per heavy atom. The molecule has 0 spiro atoms. The number of rotatable bonds is 3. The van der Waals surface area contributed by atoms with Crippen molar-refractivity contribution in [3.63, 3.8) is 0 Å². The molecule has 1 aliphatic carbocycles. The van der Waals surface area contributed by atoms with Gasteiger partial charge in [0.05, 0.1) is 5.60 Å². The fourth-order valence-corrected chi connectivity index (χ4v) is 1.90. The molecule has 0 aromatic heterocycles. The molecule has 1 aliphatic rings. The lowest BCUT2D eigenvalue weighted by atomic mass is 9.99. The van der Waals surface area contributed by atoms with Gasteiger partial charge >= 0.3 is 0 Å². The lowest BCUT2D eigenvalue weighted by molar-refractivity contribution is 0.0789. The van der Waals surface area contributed by atoms with E-state index in [1.165, 1.54) is 24.0 Å². The van der Waals surface area contributed by atoms with Gasteiger partial charge < -0.3 is 4.74 Å². The van der Waals surface area contributed by atoms with Crippen LogP contribution in [0.15, 0.2) is 24.3 Å². The van der Waals surface area contributed by atoms with E-state index < -0.39 is 0 Å². The molecule has 1 aromatic rings. The van der Waals surface area contributed by atoms with Gasteiger partial charge in [-0.05, 0) is 29.9 Å². The van der Waals surface area contributed by atoms with Crippen LogP contribution in [0.25, 0.3) is 0 Å². The largest absolute Gasteiger partial charge is 0.374 e. The molecule has 0 amide bonds. The Morgan fingerprint density at radius 1 is 1.14 bits per heavy atom. The SMILES string of the molecule is COC1(c2ccc(C(C)C)cc2)CC1. The highest BCUT2D eigenvalue weighted by molar-refractivity contribution is 5.32. The third-order valence-electron chi connectivity index (χ3n) is 3.20. The Labute approximate surface area is 86.1 Å². The molecule has 0 heterocycles. The zero-order valence-corrected chi connectivity index (χ0v) is 9.21. The predicted molar refractivity (Wildman–Crippen MR) is 58.5 cm³/mol. The Bertz CT molecular complexity index is 307. The molecular formula is C13H18O. The van der Waals surface area contributed by atoms with Gasteiger partial charge in [-0.25, -0.2) is 0 Å². The maximum atomic E-state index is 5.54. The molecule has 0 bridgehead atoms. The van der Waals surface area contributed by atoms with Crippen LogP contribution in [0.2, 0.25) is 0 Å². The molecule has 1 saturated carbocycles. The third-order valence-corrected chi connectivity index (χ3v) is 3.20. The van der Waals surface area contributed by atoms with Crippen LogP contribution in [0, 0.1) is 0 Å². The predicted octanol–water partition coefficient (Wildman–Crippen LogP) is 3.45. The highest BCUT2D eigenvalue weighted by atomic mass is 16.5. The quantitative estimate of drug-likeness (QED) is 0.709. The monoisotopic (exact) mass is 190 g/mol. The lowest BCUT2D eigenvalue weighted by Crippen LogP contribution is -2.08. The third kappa shape index (κ3) is 1.57. The van der Waals surface area contributed by atoms with Gasteiger partial charge in [-0.3, -0.25) is 0 Å². The van der Waals surface area contributed by atoms with Gasteiger partial charge in [-0.1, -0.05) is 38.1 Å². The summed E-state index contributed by atoms with van der Waals surface area (Å²) in [4.78, 5) is 0. The van der Waals surface area contributed by atoms with Crippen molar-refractivity contribution in [2.45, 2.75) is 38.2 Å². The minimum Gasteiger partial charge on any atom is -0.374 e. The fraction of sp³-hybridized carbons (Fsp3) is 0.538. The summed E-state index contributed by atoms with van der Waals surface area (Å²) in [5.41, 5.74) is 2.81. The van der Waals surface area contributed by atoms with Crippen LogP contribution < -0.4 is 0 Å². The van der Waals surface area contributed by atoms with Gasteiger partial charge in [0.1, 0.15) is 0 Å². The van der Waals surface area contributed by atoms with E-state index in [-0.39, 0.29) is 5.60 Å². The van der Waals surface area contributed by atoms with Gasteiger partial charge in [0, 0.05) is 7.11 Å². The van der Waals surface area contributed by atoms with E-state index in [0.29, 0.717) is 5.92 Å². The van der Waals surface area contributed by atoms with Crippen LogP contribution in [0.3, 0.4) is 0 Å². The first-order chi connectivity index (χ1) is 6.68. The van der Waals surface area contributed by atoms with Gasteiger partial charge in [0.15, 0.2) is 0 Å². The molecule has 0 saturated heterocycles. The summed E-state index contributed by atoms with van der Waals surface area (Å²) in [7, 11) is 1.81. The standard InChI is InChI=1S/C13H18O/c1-10(2)11-4-6-12(7-5-11)13(14-3)8-9-13/h4-7,10H,8-9H2,1-3H3. The molecule has 2 rings (SSSR count). The Kier molecular flexibility index (Phi) is 2.36. The molecule has 1 nitrogen and oxygen atoms in total. The van der Waals surface area contributed by atoms with E-state index in [2.05, 4.69) is 38.1 Å². The molecule has 1 fully saturated rings. The van der Waals surface area contributed by atoms with E-state index >= 15 is 0 Å². The van der Waals surface area contributed by atoms with Crippen molar-refractivity contribution < 1.29 is 4.74 Å². The van der Waals surface area contributed by atoms with Crippen LogP contribution in [0.5, 0.6) is 0 Å². The number of methoxy groups -OCH3 is 1. The van der Waals surface area contributed by atoms with Crippen LogP contribution in [0.1, 0.15) is 43.7 Å². The molecule has 0 unspecified atom stereocenters. The summed E-state index contributed by atoms with van der Waals surface area (Å²) in [6, 6.07) is 8.87. The van der Waals surface area contributed by atoms with Crippen LogP contribution in [-0.2, 0) is 10.3 Å². The molecule has 1 heteroatoms. The summed E-state index contributed by atoms with van der Waals surface area (Å²) < 4.78 is 5.54. The average Bonchev–Trinajstić information content (AvgIpc) is 2.99. The molecule has 76 valence electrons. The van der Waals surface area contributed by atoms with Crippen molar-refractivity contribution in [2.24, 2.45) is 0 Å². The second-order valence-electron chi connectivity index (χ2n) is 4.48. The Hall–Kier alpha value is -0.820. The summed E-state index contributed by atoms with van der Waals surface area (Å²) in [5, 5.41) is 0. The van der Waals surface area contributed by atoms with Crippen molar-refractivity contribution in [3.8, 4) is 0 Å². The smallest absolute Gasteiger partial charge is 0.0929 e. The lowest BCUT2D eigenvalue weighted by Gasteiger charge is -2.14. The van der Waals surface area contributed by atoms with E-state index in [4.69, 9.17) is 4.74 Å². The van der Waals surface area contributed by atoms with E-state index in [1.807, 2.05) is 7.11 Å². The minimum absolute atomic E-state index is 0.0650. The van der Waals surface area contributed by atoms with Gasteiger partial charge in [0.25, 0.3) is 0 Å². The van der Waals surface area contributed by atoms with Crippen LogP contribution >= 0.6 is 0 Å². The first-order valence-electron chi connectivity index (χ1n) is 5.33. The Balaban J connectivity index is 2.22. The molecule has 1 aromatic carbocycles. The van der Waals surface area contributed by atoms with E-state index in [0.717, 1.165) is 0 Å². The fourth-order valence-electron chi connectivity index (χ4n) is 1.90. The zero-order chi connectivity index (χ0) is 10.2. The Morgan fingerprint density at radius 3 is 2.07 bits per heavy atom. The van der Waals surface area contributed by atoms with Crippen molar-refractivity contribution in [2.75, 3.05) is 7.11 Å². The van der Waals surface area contributed by atoms with Crippen LogP contribution in [0.4, 0.5) is 0 Å². The summed E-state index contributed by atoms with van der Waals surface area (Å²) in [5.74, 6) is 0.613. The van der Waals surface area contributed by atoms with Gasteiger partial charge in [0.2, 0.25) is 0 Å². The number of ether oxygens (including phenoxy) is 1.